The third-order valence-electron chi connectivity index (χ3n) is 4.00. The number of hydrogen-bond acceptors (Lipinski definition) is 8. The first-order valence-electron chi connectivity index (χ1n) is 8.87. The topological polar surface area (TPSA) is 107 Å². The highest BCUT2D eigenvalue weighted by molar-refractivity contribution is 7.99. The fraction of sp³-hybridized carbons (Fsp3) is 0.150. The number of hydrogen-bond donors (Lipinski definition) is 1. The van der Waals surface area contributed by atoms with Gasteiger partial charge in [0.1, 0.15) is 11.5 Å². The Bertz CT molecular complexity index is 1100. The van der Waals surface area contributed by atoms with E-state index in [2.05, 4.69) is 25.5 Å². The molecule has 4 rings (SSSR count). The summed E-state index contributed by atoms with van der Waals surface area (Å²) >= 11 is 1.34. The van der Waals surface area contributed by atoms with E-state index in [1.54, 1.807) is 43.0 Å². The van der Waals surface area contributed by atoms with Gasteiger partial charge in [0.25, 0.3) is 0 Å². The molecule has 1 amide bonds. The highest BCUT2D eigenvalue weighted by Crippen LogP contribution is 2.30. The summed E-state index contributed by atoms with van der Waals surface area (Å²) in [5.41, 5.74) is 1.95. The number of anilines is 1. The maximum Gasteiger partial charge on any atom is 0.226 e. The molecule has 0 aliphatic rings. The molecule has 0 unspecified atom stereocenters. The Hall–Kier alpha value is -3.46. The standard InChI is InChI=1S/C20H17N5O3S/c1-13-5-2-9-21-19(13)22-16(26)8-12-29-20-23-17(14-6-3-10-27-14)18(24-25-20)15-7-4-11-28-15/h2-7,9-11H,8,12H2,1H3,(H,21,22,26). The van der Waals surface area contributed by atoms with E-state index in [1.165, 1.54) is 11.8 Å². The Morgan fingerprint density at radius 2 is 1.79 bits per heavy atom. The van der Waals surface area contributed by atoms with E-state index in [9.17, 15) is 4.79 Å². The molecule has 0 radical (unpaired) electrons. The van der Waals surface area contributed by atoms with Crippen molar-refractivity contribution in [3.05, 3.63) is 60.7 Å². The number of pyridine rings is 1. The summed E-state index contributed by atoms with van der Waals surface area (Å²) < 4.78 is 10.9. The van der Waals surface area contributed by atoms with Crippen molar-refractivity contribution in [2.45, 2.75) is 18.5 Å². The third kappa shape index (κ3) is 4.52. The van der Waals surface area contributed by atoms with Crippen molar-refractivity contribution in [2.75, 3.05) is 11.1 Å². The highest BCUT2D eigenvalue weighted by atomic mass is 32.2. The van der Waals surface area contributed by atoms with Crippen LogP contribution in [0, 0.1) is 6.92 Å². The van der Waals surface area contributed by atoms with Crippen LogP contribution in [0.3, 0.4) is 0 Å². The lowest BCUT2D eigenvalue weighted by Gasteiger charge is -2.07. The molecule has 146 valence electrons. The van der Waals surface area contributed by atoms with Crippen LogP contribution in [-0.2, 0) is 4.79 Å². The first-order valence-corrected chi connectivity index (χ1v) is 9.86. The van der Waals surface area contributed by atoms with Gasteiger partial charge in [-0.15, -0.1) is 10.2 Å². The molecule has 0 spiro atoms. The Balaban J connectivity index is 1.43. The number of nitrogens with one attached hydrogen (secondary N) is 1. The van der Waals surface area contributed by atoms with Crippen LogP contribution in [0.2, 0.25) is 0 Å². The van der Waals surface area contributed by atoms with Gasteiger partial charge in [0.05, 0.1) is 12.5 Å². The lowest BCUT2D eigenvalue weighted by atomic mass is 10.2. The molecule has 0 saturated carbocycles. The SMILES string of the molecule is Cc1cccnc1NC(=O)CCSc1nnc(-c2ccco2)c(-c2ccco2)n1. The van der Waals surface area contributed by atoms with Crippen LogP contribution in [0.25, 0.3) is 22.9 Å². The van der Waals surface area contributed by atoms with E-state index in [-0.39, 0.29) is 5.91 Å². The Morgan fingerprint density at radius 3 is 2.48 bits per heavy atom. The Kier molecular flexibility index (Phi) is 5.66. The second kappa shape index (κ2) is 8.70. The van der Waals surface area contributed by atoms with E-state index < -0.39 is 0 Å². The average Bonchev–Trinajstić information content (AvgIpc) is 3.44. The minimum atomic E-state index is -0.120. The van der Waals surface area contributed by atoms with Crippen molar-refractivity contribution in [1.29, 1.82) is 0 Å². The van der Waals surface area contributed by atoms with Gasteiger partial charge < -0.3 is 14.2 Å². The summed E-state index contributed by atoms with van der Waals surface area (Å²) in [5, 5.41) is 11.7. The highest BCUT2D eigenvalue weighted by Gasteiger charge is 2.18. The molecule has 0 aliphatic heterocycles. The van der Waals surface area contributed by atoms with Crippen LogP contribution in [0.15, 0.2) is 69.1 Å². The number of amides is 1. The van der Waals surface area contributed by atoms with E-state index in [4.69, 9.17) is 8.83 Å². The van der Waals surface area contributed by atoms with Gasteiger partial charge in [0, 0.05) is 18.4 Å². The number of carbonyl (C=O) groups is 1. The van der Waals surface area contributed by atoms with Crippen molar-refractivity contribution >= 4 is 23.5 Å². The minimum absolute atomic E-state index is 0.120. The smallest absolute Gasteiger partial charge is 0.226 e. The summed E-state index contributed by atoms with van der Waals surface area (Å²) in [4.78, 5) is 20.9. The van der Waals surface area contributed by atoms with Crippen LogP contribution in [0.4, 0.5) is 5.82 Å². The molecule has 0 aromatic carbocycles. The summed E-state index contributed by atoms with van der Waals surface area (Å²) in [7, 11) is 0. The normalized spacial score (nSPS) is 10.8. The van der Waals surface area contributed by atoms with E-state index in [1.807, 2.05) is 19.1 Å². The fourth-order valence-corrected chi connectivity index (χ4v) is 3.31. The van der Waals surface area contributed by atoms with E-state index in [0.717, 1.165) is 5.56 Å². The molecule has 0 bridgehead atoms. The average molecular weight is 407 g/mol. The first-order chi connectivity index (χ1) is 14.2. The third-order valence-corrected chi connectivity index (χ3v) is 4.84. The van der Waals surface area contributed by atoms with Gasteiger partial charge in [0.15, 0.2) is 17.2 Å². The number of thioether (sulfide) groups is 1. The molecule has 29 heavy (non-hydrogen) atoms. The number of aromatic nitrogens is 4. The van der Waals surface area contributed by atoms with Gasteiger partial charge in [-0.1, -0.05) is 17.8 Å². The van der Waals surface area contributed by atoms with Gasteiger partial charge in [-0.2, -0.15) is 0 Å². The van der Waals surface area contributed by atoms with Crippen LogP contribution < -0.4 is 5.32 Å². The first kappa shape index (κ1) is 18.9. The number of nitrogens with zero attached hydrogens (tertiary/aromatic N) is 4. The number of carbonyl (C=O) groups excluding carboxylic acids is 1. The molecule has 4 aromatic heterocycles. The number of furan rings is 2. The van der Waals surface area contributed by atoms with Gasteiger partial charge in [-0.3, -0.25) is 4.79 Å². The second-order valence-electron chi connectivity index (χ2n) is 6.06. The molecule has 0 fully saturated rings. The Labute approximate surface area is 170 Å². The van der Waals surface area contributed by atoms with Gasteiger partial charge in [-0.05, 0) is 42.8 Å². The summed E-state index contributed by atoms with van der Waals surface area (Å²) in [6, 6.07) is 10.9. The Morgan fingerprint density at radius 1 is 1.03 bits per heavy atom. The second-order valence-corrected chi connectivity index (χ2v) is 7.12. The van der Waals surface area contributed by atoms with Crippen LogP contribution in [0.1, 0.15) is 12.0 Å². The molecule has 1 N–H and O–H groups in total. The maximum absolute atomic E-state index is 12.2. The van der Waals surface area contributed by atoms with Crippen LogP contribution >= 0.6 is 11.8 Å². The largest absolute Gasteiger partial charge is 0.463 e. The van der Waals surface area contributed by atoms with Crippen molar-refractivity contribution in [1.82, 2.24) is 20.2 Å². The lowest BCUT2D eigenvalue weighted by molar-refractivity contribution is -0.115. The molecule has 4 heterocycles. The molecular formula is C20H17N5O3S. The van der Waals surface area contributed by atoms with E-state index in [0.29, 0.717) is 46.1 Å². The molecule has 9 heteroatoms. The predicted molar refractivity (Wildman–Crippen MR) is 108 cm³/mol. The zero-order valence-electron chi connectivity index (χ0n) is 15.5. The number of aryl methyl sites for hydroxylation is 1. The van der Waals surface area contributed by atoms with E-state index >= 15 is 0 Å². The van der Waals surface area contributed by atoms with Crippen molar-refractivity contribution in [3.8, 4) is 22.9 Å². The van der Waals surface area contributed by atoms with Crippen molar-refractivity contribution in [2.24, 2.45) is 0 Å². The van der Waals surface area contributed by atoms with Gasteiger partial charge in [-0.25, -0.2) is 9.97 Å². The van der Waals surface area contributed by atoms with Crippen molar-refractivity contribution in [3.63, 3.8) is 0 Å². The van der Waals surface area contributed by atoms with Crippen LogP contribution in [-0.4, -0.2) is 31.8 Å². The molecule has 4 aromatic rings. The molecule has 0 saturated heterocycles. The van der Waals surface area contributed by atoms with Gasteiger partial charge >= 0.3 is 0 Å². The minimum Gasteiger partial charge on any atom is -0.463 e. The molecule has 0 aliphatic carbocycles. The zero-order chi connectivity index (χ0) is 20.1. The van der Waals surface area contributed by atoms with Crippen molar-refractivity contribution < 1.29 is 13.6 Å². The lowest BCUT2D eigenvalue weighted by Crippen LogP contribution is -2.14. The predicted octanol–water partition coefficient (Wildman–Crippen LogP) is 4.22. The number of rotatable bonds is 7. The van der Waals surface area contributed by atoms with Crippen LogP contribution in [0.5, 0.6) is 0 Å². The summed E-state index contributed by atoms with van der Waals surface area (Å²) in [5.74, 6) is 2.07. The fourth-order valence-electron chi connectivity index (χ4n) is 2.58. The monoisotopic (exact) mass is 407 g/mol. The summed E-state index contributed by atoms with van der Waals surface area (Å²) in [6.07, 6.45) is 5.07. The summed E-state index contributed by atoms with van der Waals surface area (Å²) in [6.45, 7) is 1.90. The molecule has 0 atom stereocenters. The molecule has 8 nitrogen and oxygen atoms in total. The zero-order valence-corrected chi connectivity index (χ0v) is 16.3. The molecular weight excluding hydrogens is 390 g/mol. The maximum atomic E-state index is 12.2. The quantitative estimate of drug-likeness (QED) is 0.454. The van der Waals surface area contributed by atoms with Gasteiger partial charge in [0.2, 0.25) is 11.1 Å².